The maximum Gasteiger partial charge on any atom is 0.203 e. The second-order valence-corrected chi connectivity index (χ2v) is 11.5. The van der Waals surface area contributed by atoms with Crippen molar-refractivity contribution in [2.75, 3.05) is 31.1 Å². The molecule has 3 heterocycles. The highest BCUT2D eigenvalue weighted by Crippen LogP contribution is 2.31. The Morgan fingerprint density at radius 1 is 0.865 bits per heavy atom. The van der Waals surface area contributed by atoms with Crippen molar-refractivity contribution in [2.45, 2.75) is 16.8 Å². The maximum atomic E-state index is 9.58. The summed E-state index contributed by atoms with van der Waals surface area (Å²) in [4.78, 5) is 9.51. The number of hydrogen-bond acceptors (Lipinski definition) is 8. The summed E-state index contributed by atoms with van der Waals surface area (Å²) >= 11 is 9.35. The van der Waals surface area contributed by atoms with Gasteiger partial charge < -0.3 is 10.0 Å². The first-order chi connectivity index (χ1) is 18.1. The third-order valence-electron chi connectivity index (χ3n) is 6.44. The number of hydrogen-bond donors (Lipinski definition) is 1. The number of para-hydroxylation sites is 2. The number of aromatic nitrogens is 4. The average Bonchev–Trinajstić information content (AvgIpc) is 3.49. The number of piperazine rings is 1. The first-order valence-electron chi connectivity index (χ1n) is 12.1. The molecule has 1 N–H and O–H groups in total. The fraction of sp³-hybridized carbons (Fsp3) is 0.222. The molecule has 1 aliphatic rings. The molecule has 7 nitrogen and oxygen atoms in total. The molecule has 2 aromatic heterocycles. The van der Waals surface area contributed by atoms with Crippen molar-refractivity contribution in [1.82, 2.24) is 24.2 Å². The Morgan fingerprint density at radius 2 is 1.59 bits per heavy atom. The van der Waals surface area contributed by atoms with Crippen LogP contribution < -0.4 is 4.90 Å². The summed E-state index contributed by atoms with van der Waals surface area (Å²) in [7, 11) is 0. The number of thiazole rings is 1. The number of thioether (sulfide) groups is 1. The molecule has 1 saturated heterocycles. The fourth-order valence-corrected chi connectivity index (χ4v) is 6.80. The van der Waals surface area contributed by atoms with E-state index in [0.29, 0.717) is 22.9 Å². The second-order valence-electron chi connectivity index (χ2n) is 8.87. The highest BCUT2D eigenvalue weighted by atomic mass is 32.2. The van der Waals surface area contributed by atoms with E-state index in [1.807, 2.05) is 47.1 Å². The molecule has 188 valence electrons. The number of rotatable bonds is 7. The third-order valence-corrected chi connectivity index (χ3v) is 9.01. The predicted molar refractivity (Wildman–Crippen MR) is 153 cm³/mol. The fourth-order valence-electron chi connectivity index (χ4n) is 4.51. The van der Waals surface area contributed by atoms with Crippen LogP contribution in [0.2, 0.25) is 0 Å². The molecule has 0 radical (unpaired) electrons. The summed E-state index contributed by atoms with van der Waals surface area (Å²) in [5.41, 5.74) is 3.19. The minimum absolute atomic E-state index is 0.294. The highest BCUT2D eigenvalue weighted by molar-refractivity contribution is 8.00. The van der Waals surface area contributed by atoms with Gasteiger partial charge in [-0.3, -0.25) is 9.47 Å². The van der Waals surface area contributed by atoms with E-state index in [1.165, 1.54) is 4.70 Å². The number of fused-ring (bicyclic) bond motifs is 1. The van der Waals surface area contributed by atoms with Crippen LogP contribution in [0.1, 0.15) is 5.82 Å². The van der Waals surface area contributed by atoms with Gasteiger partial charge in [0.05, 0.1) is 22.6 Å². The Kier molecular flexibility index (Phi) is 6.97. The summed E-state index contributed by atoms with van der Waals surface area (Å²) in [5.74, 6) is 1.89. The lowest BCUT2D eigenvalue weighted by Crippen LogP contribution is -2.47. The molecule has 10 heteroatoms. The zero-order valence-corrected chi connectivity index (χ0v) is 22.6. The lowest BCUT2D eigenvalue weighted by atomic mass is 10.2. The van der Waals surface area contributed by atoms with Crippen LogP contribution in [-0.4, -0.2) is 55.5 Å². The van der Waals surface area contributed by atoms with Crippen LogP contribution in [0.3, 0.4) is 0 Å². The Balaban J connectivity index is 1.20. The van der Waals surface area contributed by atoms with Crippen LogP contribution in [0.15, 0.2) is 83.2 Å². The van der Waals surface area contributed by atoms with Crippen molar-refractivity contribution >= 4 is 51.2 Å². The Morgan fingerprint density at radius 3 is 2.35 bits per heavy atom. The molecular weight excluding hydrogens is 521 g/mol. The van der Waals surface area contributed by atoms with Crippen LogP contribution in [0, 0.1) is 4.77 Å². The van der Waals surface area contributed by atoms with Gasteiger partial charge in [0.1, 0.15) is 11.6 Å². The number of benzene rings is 3. The topological polar surface area (TPSA) is 62.4 Å². The lowest BCUT2D eigenvalue weighted by Gasteiger charge is -2.35. The molecule has 0 saturated carbocycles. The molecule has 0 atom stereocenters. The number of nitrogens with zero attached hydrogens (tertiary/aromatic N) is 6. The van der Waals surface area contributed by atoms with Crippen molar-refractivity contribution in [3.63, 3.8) is 0 Å². The molecule has 0 amide bonds. The minimum Gasteiger partial charge on any atom is -0.508 e. The van der Waals surface area contributed by atoms with Crippen molar-refractivity contribution in [1.29, 1.82) is 0 Å². The molecular formula is C27H26N6OS3. The van der Waals surface area contributed by atoms with Gasteiger partial charge in [-0.15, -0.1) is 11.3 Å². The number of phenols is 1. The van der Waals surface area contributed by atoms with Gasteiger partial charge in [0.25, 0.3) is 0 Å². The monoisotopic (exact) mass is 546 g/mol. The van der Waals surface area contributed by atoms with E-state index in [4.69, 9.17) is 22.3 Å². The minimum atomic E-state index is 0.294. The molecule has 0 bridgehead atoms. The van der Waals surface area contributed by atoms with Crippen LogP contribution in [0.25, 0.3) is 15.9 Å². The van der Waals surface area contributed by atoms with Crippen molar-refractivity contribution in [3.8, 4) is 11.4 Å². The first kappa shape index (κ1) is 24.2. The highest BCUT2D eigenvalue weighted by Gasteiger charge is 2.20. The molecule has 0 aliphatic carbocycles. The summed E-state index contributed by atoms with van der Waals surface area (Å²) in [5, 5.41) is 14.6. The van der Waals surface area contributed by atoms with Gasteiger partial charge in [-0.2, -0.15) is 5.10 Å². The average molecular weight is 547 g/mol. The SMILES string of the molecule is Oc1ccc(N2CCN(Cn3nc(CSc4nc5ccccc5s4)n(-c4ccccc4)c3=S)CC2)cc1. The molecule has 37 heavy (non-hydrogen) atoms. The quantitative estimate of drug-likeness (QED) is 0.205. The van der Waals surface area contributed by atoms with Gasteiger partial charge in [-0.1, -0.05) is 42.1 Å². The lowest BCUT2D eigenvalue weighted by molar-refractivity contribution is 0.194. The molecule has 6 rings (SSSR count). The first-order valence-corrected chi connectivity index (χ1v) is 14.3. The van der Waals surface area contributed by atoms with Crippen LogP contribution >= 0.6 is 35.3 Å². The van der Waals surface area contributed by atoms with Gasteiger partial charge in [-0.25, -0.2) is 9.67 Å². The van der Waals surface area contributed by atoms with Crippen molar-refractivity contribution < 1.29 is 5.11 Å². The molecule has 0 unspecified atom stereocenters. The molecule has 0 spiro atoms. The van der Waals surface area contributed by atoms with E-state index in [0.717, 1.165) is 53.2 Å². The van der Waals surface area contributed by atoms with Crippen molar-refractivity contribution in [3.05, 3.63) is 89.5 Å². The second kappa shape index (κ2) is 10.7. The number of phenolic OH excluding ortho intramolecular Hbond substituents is 1. The maximum absolute atomic E-state index is 9.58. The van der Waals surface area contributed by atoms with E-state index in [9.17, 15) is 5.11 Å². The largest absolute Gasteiger partial charge is 0.508 e. The molecule has 5 aromatic rings. The predicted octanol–water partition coefficient (Wildman–Crippen LogP) is 5.79. The Labute approximate surface area is 228 Å². The Bertz CT molecular complexity index is 1520. The summed E-state index contributed by atoms with van der Waals surface area (Å²) in [6, 6.07) is 25.9. The molecule has 3 aromatic carbocycles. The zero-order valence-electron chi connectivity index (χ0n) is 20.1. The summed E-state index contributed by atoms with van der Waals surface area (Å²) < 4.78 is 6.97. The van der Waals surface area contributed by atoms with Gasteiger partial charge >= 0.3 is 0 Å². The van der Waals surface area contributed by atoms with E-state index < -0.39 is 0 Å². The van der Waals surface area contributed by atoms with Gasteiger partial charge in [0, 0.05) is 37.6 Å². The number of anilines is 1. The molecule has 1 fully saturated rings. The standard InChI is InChI=1S/C27H26N6OS3/c34-22-12-10-20(11-13-22)31-16-14-30(15-17-31)19-32-27(35)33(21-6-2-1-3-7-21)25(29-32)18-36-26-28-23-8-4-5-9-24(23)37-26/h1-13,34H,14-19H2. The van der Waals surface area contributed by atoms with Crippen LogP contribution in [0.4, 0.5) is 5.69 Å². The van der Waals surface area contributed by atoms with Crippen LogP contribution in [-0.2, 0) is 12.4 Å². The number of aromatic hydroxyl groups is 1. The molecule has 1 aliphatic heterocycles. The van der Waals surface area contributed by atoms with Crippen molar-refractivity contribution in [2.24, 2.45) is 0 Å². The van der Waals surface area contributed by atoms with E-state index in [-0.39, 0.29) is 0 Å². The van der Waals surface area contributed by atoms with Gasteiger partial charge in [-0.05, 0) is 60.7 Å². The Hall–Kier alpha value is -3.18. The van der Waals surface area contributed by atoms with Gasteiger partial charge in [0.2, 0.25) is 4.77 Å². The third kappa shape index (κ3) is 5.28. The normalized spacial score (nSPS) is 14.4. The zero-order chi connectivity index (χ0) is 25.2. The summed E-state index contributed by atoms with van der Waals surface area (Å²) in [6.45, 7) is 4.31. The van der Waals surface area contributed by atoms with E-state index >= 15 is 0 Å². The van der Waals surface area contributed by atoms with E-state index in [2.05, 4.69) is 38.6 Å². The summed E-state index contributed by atoms with van der Waals surface area (Å²) in [6.07, 6.45) is 0. The smallest absolute Gasteiger partial charge is 0.203 e. The van der Waals surface area contributed by atoms with E-state index in [1.54, 1.807) is 35.2 Å². The van der Waals surface area contributed by atoms with Gasteiger partial charge in [0.15, 0.2) is 4.34 Å². The van der Waals surface area contributed by atoms with Crippen LogP contribution in [0.5, 0.6) is 5.75 Å².